The SMILES string of the molecule is CC1(O)CCC12CCN(C(=O)c1ccc(Cn3ccnc3)o1)CC2. The van der Waals surface area contributed by atoms with Crippen molar-refractivity contribution in [1.82, 2.24) is 14.5 Å². The predicted octanol–water partition coefficient (Wildman–Crippen LogP) is 2.29. The Kier molecular flexibility index (Phi) is 3.53. The van der Waals surface area contributed by atoms with Crippen LogP contribution in [-0.4, -0.2) is 44.2 Å². The maximum atomic E-state index is 12.6. The summed E-state index contributed by atoms with van der Waals surface area (Å²) < 4.78 is 7.62. The quantitative estimate of drug-likeness (QED) is 0.938. The molecule has 2 aliphatic rings. The van der Waals surface area contributed by atoms with Gasteiger partial charge in [0.2, 0.25) is 0 Å². The van der Waals surface area contributed by atoms with Gasteiger partial charge in [-0.05, 0) is 44.7 Å². The maximum absolute atomic E-state index is 12.6. The lowest BCUT2D eigenvalue weighted by atomic mass is 9.53. The molecule has 1 spiro atoms. The Morgan fingerprint density at radius 3 is 2.67 bits per heavy atom. The summed E-state index contributed by atoms with van der Waals surface area (Å²) in [5.41, 5.74) is -0.551. The summed E-state index contributed by atoms with van der Waals surface area (Å²) in [4.78, 5) is 18.5. The first-order chi connectivity index (χ1) is 11.5. The lowest BCUT2D eigenvalue weighted by Crippen LogP contribution is -2.60. The van der Waals surface area contributed by atoms with Crippen LogP contribution in [0.3, 0.4) is 0 Å². The Balaban J connectivity index is 1.39. The maximum Gasteiger partial charge on any atom is 0.289 e. The number of nitrogens with zero attached hydrogens (tertiary/aromatic N) is 3. The number of piperidine rings is 1. The highest BCUT2D eigenvalue weighted by Crippen LogP contribution is 2.56. The normalized spacial score (nSPS) is 25.7. The van der Waals surface area contributed by atoms with Crippen LogP contribution in [0.4, 0.5) is 0 Å². The van der Waals surface area contributed by atoms with Crippen molar-refractivity contribution in [3.8, 4) is 0 Å². The fourth-order valence-electron chi connectivity index (χ4n) is 4.06. The number of likely N-dealkylation sites (tertiary alicyclic amines) is 1. The number of imidazole rings is 1. The highest BCUT2D eigenvalue weighted by molar-refractivity contribution is 5.91. The molecule has 1 saturated carbocycles. The van der Waals surface area contributed by atoms with Crippen molar-refractivity contribution in [1.29, 1.82) is 0 Å². The average molecular weight is 329 g/mol. The largest absolute Gasteiger partial charge is 0.454 e. The van der Waals surface area contributed by atoms with Gasteiger partial charge in [-0.1, -0.05) is 0 Å². The molecule has 1 atom stereocenters. The predicted molar refractivity (Wildman–Crippen MR) is 87.5 cm³/mol. The lowest BCUT2D eigenvalue weighted by Gasteiger charge is -2.58. The van der Waals surface area contributed by atoms with Crippen molar-refractivity contribution in [3.05, 3.63) is 42.4 Å². The van der Waals surface area contributed by atoms with Crippen molar-refractivity contribution in [2.45, 2.75) is 44.8 Å². The van der Waals surface area contributed by atoms with E-state index < -0.39 is 5.60 Å². The third kappa shape index (κ3) is 2.45. The van der Waals surface area contributed by atoms with Crippen LogP contribution in [-0.2, 0) is 6.54 Å². The summed E-state index contributed by atoms with van der Waals surface area (Å²) in [6.45, 7) is 3.88. The van der Waals surface area contributed by atoms with E-state index in [0.717, 1.165) is 31.4 Å². The van der Waals surface area contributed by atoms with Crippen molar-refractivity contribution < 1.29 is 14.3 Å². The van der Waals surface area contributed by atoms with Crippen molar-refractivity contribution in [2.24, 2.45) is 5.41 Å². The smallest absolute Gasteiger partial charge is 0.289 e. The molecule has 2 aromatic rings. The van der Waals surface area contributed by atoms with Crippen LogP contribution in [0.5, 0.6) is 0 Å². The zero-order chi connectivity index (χ0) is 16.8. The van der Waals surface area contributed by atoms with Crippen LogP contribution in [0.15, 0.2) is 35.3 Å². The zero-order valence-electron chi connectivity index (χ0n) is 13.9. The Bertz CT molecular complexity index is 725. The van der Waals surface area contributed by atoms with Crippen LogP contribution in [0.25, 0.3) is 0 Å². The van der Waals surface area contributed by atoms with Crippen molar-refractivity contribution in [3.63, 3.8) is 0 Å². The van der Waals surface area contributed by atoms with E-state index in [1.807, 2.05) is 28.7 Å². The minimum absolute atomic E-state index is 0.0134. The van der Waals surface area contributed by atoms with Gasteiger partial charge in [0.25, 0.3) is 5.91 Å². The first kappa shape index (κ1) is 15.4. The summed E-state index contributed by atoms with van der Waals surface area (Å²) in [6.07, 6.45) is 8.97. The van der Waals surface area contributed by atoms with Crippen LogP contribution in [0.2, 0.25) is 0 Å². The zero-order valence-corrected chi connectivity index (χ0v) is 13.9. The van der Waals surface area contributed by atoms with Gasteiger partial charge in [-0.3, -0.25) is 4.79 Å². The third-order valence-corrected chi connectivity index (χ3v) is 6.01. The summed E-state index contributed by atoms with van der Waals surface area (Å²) >= 11 is 0. The molecule has 1 aliphatic carbocycles. The van der Waals surface area contributed by atoms with Gasteiger partial charge in [0.05, 0.1) is 18.5 Å². The fourth-order valence-corrected chi connectivity index (χ4v) is 4.06. The number of rotatable bonds is 3. The Morgan fingerprint density at radius 2 is 2.08 bits per heavy atom. The minimum Gasteiger partial charge on any atom is -0.454 e. The first-order valence-electron chi connectivity index (χ1n) is 8.55. The Morgan fingerprint density at radius 1 is 1.29 bits per heavy atom. The molecule has 6 nitrogen and oxygen atoms in total. The molecular formula is C18H23N3O3. The molecule has 2 fully saturated rings. The van der Waals surface area contributed by atoms with Gasteiger partial charge in [0, 0.05) is 30.9 Å². The standard InChI is InChI=1S/C18H23N3O3/c1-17(23)4-5-18(17)6-9-21(10-7-18)16(22)15-3-2-14(24-15)12-20-11-8-19-13-20/h2-3,8,11,13,23H,4-7,9-10,12H2,1H3. The summed E-state index contributed by atoms with van der Waals surface area (Å²) in [5.74, 6) is 1.08. The average Bonchev–Trinajstić information content (AvgIpc) is 3.26. The Labute approximate surface area is 141 Å². The van der Waals surface area contributed by atoms with E-state index >= 15 is 0 Å². The van der Waals surface area contributed by atoms with E-state index in [1.165, 1.54) is 0 Å². The summed E-state index contributed by atoms with van der Waals surface area (Å²) in [7, 11) is 0. The molecular weight excluding hydrogens is 306 g/mol. The summed E-state index contributed by atoms with van der Waals surface area (Å²) in [5, 5.41) is 10.4. The topological polar surface area (TPSA) is 71.5 Å². The van der Waals surface area contributed by atoms with Gasteiger partial charge in [-0.2, -0.15) is 0 Å². The van der Waals surface area contributed by atoms with Crippen LogP contribution in [0.1, 0.15) is 48.9 Å². The number of carbonyl (C=O) groups excluding carboxylic acids is 1. The van der Waals surface area contributed by atoms with E-state index in [-0.39, 0.29) is 11.3 Å². The molecule has 24 heavy (non-hydrogen) atoms. The van der Waals surface area contributed by atoms with Gasteiger partial charge in [0.1, 0.15) is 5.76 Å². The molecule has 0 aromatic carbocycles. The van der Waals surface area contributed by atoms with Gasteiger partial charge in [-0.25, -0.2) is 4.98 Å². The third-order valence-electron chi connectivity index (χ3n) is 6.01. The van der Waals surface area contributed by atoms with Crippen LogP contribution in [0, 0.1) is 5.41 Å². The second-order valence-corrected chi connectivity index (χ2v) is 7.35. The van der Waals surface area contributed by atoms with E-state index in [9.17, 15) is 9.90 Å². The fraction of sp³-hybridized carbons (Fsp3) is 0.556. The van der Waals surface area contributed by atoms with Crippen molar-refractivity contribution in [2.75, 3.05) is 13.1 Å². The van der Waals surface area contributed by atoms with Gasteiger partial charge < -0.3 is 19.0 Å². The number of hydrogen-bond acceptors (Lipinski definition) is 4. The van der Waals surface area contributed by atoms with Crippen LogP contribution >= 0.6 is 0 Å². The molecule has 1 saturated heterocycles. The second-order valence-electron chi connectivity index (χ2n) is 7.35. The highest BCUT2D eigenvalue weighted by atomic mass is 16.4. The number of carbonyl (C=O) groups is 1. The summed E-state index contributed by atoms with van der Waals surface area (Å²) in [6, 6.07) is 3.59. The van der Waals surface area contributed by atoms with E-state index in [4.69, 9.17) is 4.42 Å². The van der Waals surface area contributed by atoms with Crippen molar-refractivity contribution >= 4 is 5.91 Å². The molecule has 6 heteroatoms. The van der Waals surface area contributed by atoms with Gasteiger partial charge in [-0.15, -0.1) is 0 Å². The molecule has 0 radical (unpaired) electrons. The molecule has 1 N–H and O–H groups in total. The molecule has 3 heterocycles. The van der Waals surface area contributed by atoms with Crippen LogP contribution < -0.4 is 0 Å². The van der Waals surface area contributed by atoms with E-state index in [2.05, 4.69) is 4.98 Å². The number of furan rings is 1. The molecule has 1 aliphatic heterocycles. The second kappa shape index (κ2) is 5.48. The van der Waals surface area contributed by atoms with Gasteiger partial charge >= 0.3 is 0 Å². The minimum atomic E-state index is -0.565. The molecule has 2 aromatic heterocycles. The monoisotopic (exact) mass is 329 g/mol. The lowest BCUT2D eigenvalue weighted by molar-refractivity contribution is -0.174. The number of aromatic nitrogens is 2. The molecule has 128 valence electrons. The van der Waals surface area contributed by atoms with E-state index in [0.29, 0.717) is 25.4 Å². The number of hydrogen-bond donors (Lipinski definition) is 1. The molecule has 1 amide bonds. The van der Waals surface area contributed by atoms with E-state index in [1.54, 1.807) is 18.6 Å². The number of aliphatic hydroxyl groups is 1. The first-order valence-corrected chi connectivity index (χ1v) is 8.55. The number of amides is 1. The molecule has 0 bridgehead atoms. The Hall–Kier alpha value is -2.08. The molecule has 4 rings (SSSR count). The van der Waals surface area contributed by atoms with Gasteiger partial charge in [0.15, 0.2) is 5.76 Å². The molecule has 1 unspecified atom stereocenters. The highest BCUT2D eigenvalue weighted by Gasteiger charge is 2.55.